The van der Waals surface area contributed by atoms with Crippen molar-refractivity contribution in [1.82, 2.24) is 4.98 Å². The number of aliphatic carboxylic acids is 1. The summed E-state index contributed by atoms with van der Waals surface area (Å²) in [7, 11) is 0. The predicted molar refractivity (Wildman–Crippen MR) is 43.3 cm³/mol. The van der Waals surface area contributed by atoms with Crippen LogP contribution in [0.1, 0.15) is 12.6 Å². The summed E-state index contributed by atoms with van der Waals surface area (Å²) in [5, 5.41) is 8.66. The van der Waals surface area contributed by atoms with Crippen LogP contribution in [0.2, 0.25) is 0 Å². The predicted octanol–water partition coefficient (Wildman–Crippen LogP) is 0.618. The highest BCUT2D eigenvalue weighted by Crippen LogP contribution is 2.19. The minimum Gasteiger partial charge on any atom is -0.480 e. The van der Waals surface area contributed by atoms with E-state index < -0.39 is 28.8 Å². The SMILES string of the molecule is C[C@](N)(C(=O)O)c1ncc(F)cc1F. The Kier molecular flexibility index (Phi) is 2.48. The molecule has 0 bridgehead atoms. The fourth-order valence-electron chi connectivity index (χ4n) is 0.898. The number of hydrogen-bond donors (Lipinski definition) is 2. The molecule has 0 fully saturated rings. The van der Waals surface area contributed by atoms with Crippen LogP contribution in [-0.2, 0) is 10.3 Å². The summed E-state index contributed by atoms with van der Waals surface area (Å²) in [5.41, 5.74) is 2.85. The molecule has 0 saturated heterocycles. The van der Waals surface area contributed by atoms with E-state index in [1.54, 1.807) is 0 Å². The van der Waals surface area contributed by atoms with Crippen molar-refractivity contribution in [3.63, 3.8) is 0 Å². The van der Waals surface area contributed by atoms with Crippen LogP contribution in [0.4, 0.5) is 8.78 Å². The number of nitrogens with zero attached hydrogens (tertiary/aromatic N) is 1. The number of aromatic nitrogens is 1. The van der Waals surface area contributed by atoms with Crippen LogP contribution in [0, 0.1) is 11.6 Å². The van der Waals surface area contributed by atoms with Crippen LogP contribution in [0.25, 0.3) is 0 Å². The lowest BCUT2D eigenvalue weighted by molar-refractivity contribution is -0.143. The second kappa shape index (κ2) is 3.30. The third-order valence-corrected chi connectivity index (χ3v) is 1.74. The Balaban J connectivity index is 3.26. The molecule has 76 valence electrons. The Hall–Kier alpha value is -1.56. The maximum atomic E-state index is 13.1. The zero-order valence-electron chi connectivity index (χ0n) is 7.29. The molecule has 4 nitrogen and oxygen atoms in total. The summed E-state index contributed by atoms with van der Waals surface area (Å²) in [6.07, 6.45) is 0.715. The molecule has 0 radical (unpaired) electrons. The fraction of sp³-hybridized carbons (Fsp3) is 0.250. The zero-order valence-corrected chi connectivity index (χ0v) is 7.29. The minimum absolute atomic E-state index is 0.494. The van der Waals surface area contributed by atoms with E-state index in [0.29, 0.717) is 12.3 Å². The van der Waals surface area contributed by atoms with Gasteiger partial charge in [-0.2, -0.15) is 0 Å². The smallest absolute Gasteiger partial charge is 0.329 e. The van der Waals surface area contributed by atoms with E-state index in [9.17, 15) is 13.6 Å². The maximum Gasteiger partial charge on any atom is 0.329 e. The monoisotopic (exact) mass is 202 g/mol. The average Bonchev–Trinajstić information content (AvgIpc) is 2.02. The standard InChI is InChI=1S/C8H8F2N2O2/c1-8(11,7(13)14)6-5(10)2-4(9)3-12-6/h2-3H,11H2,1H3,(H,13,14)/t8-/m1/s1. The molecule has 14 heavy (non-hydrogen) atoms. The Morgan fingerprint density at radius 3 is 2.64 bits per heavy atom. The van der Waals surface area contributed by atoms with Crippen LogP contribution in [0.5, 0.6) is 0 Å². The molecule has 0 saturated carbocycles. The molecule has 0 aliphatic carbocycles. The first-order chi connectivity index (χ1) is 6.35. The Morgan fingerprint density at radius 2 is 2.21 bits per heavy atom. The van der Waals surface area contributed by atoms with Crippen LogP contribution < -0.4 is 5.73 Å². The molecular weight excluding hydrogens is 194 g/mol. The van der Waals surface area contributed by atoms with Crippen molar-refractivity contribution in [3.05, 3.63) is 29.6 Å². The number of carbonyl (C=O) groups is 1. The van der Waals surface area contributed by atoms with E-state index in [0.717, 1.165) is 6.92 Å². The molecule has 1 aromatic rings. The van der Waals surface area contributed by atoms with Crippen molar-refractivity contribution < 1.29 is 18.7 Å². The van der Waals surface area contributed by atoms with E-state index in [4.69, 9.17) is 10.8 Å². The molecule has 0 aliphatic heterocycles. The van der Waals surface area contributed by atoms with Gasteiger partial charge in [-0.05, 0) is 6.92 Å². The van der Waals surface area contributed by atoms with E-state index in [1.165, 1.54) is 0 Å². The van der Waals surface area contributed by atoms with E-state index in [-0.39, 0.29) is 0 Å². The fourth-order valence-corrected chi connectivity index (χ4v) is 0.898. The molecule has 0 amide bonds. The molecule has 1 heterocycles. The number of carboxylic acid groups (broad SMARTS) is 1. The van der Waals surface area contributed by atoms with Gasteiger partial charge in [0.2, 0.25) is 0 Å². The number of hydrogen-bond acceptors (Lipinski definition) is 3. The summed E-state index contributed by atoms with van der Waals surface area (Å²) in [4.78, 5) is 13.9. The lowest BCUT2D eigenvalue weighted by atomic mass is 9.98. The van der Waals surface area contributed by atoms with Crippen molar-refractivity contribution in [2.45, 2.75) is 12.5 Å². The summed E-state index contributed by atoms with van der Waals surface area (Å²) < 4.78 is 25.5. The normalized spacial score (nSPS) is 14.9. The molecule has 3 N–H and O–H groups in total. The van der Waals surface area contributed by atoms with Gasteiger partial charge < -0.3 is 10.8 Å². The second-order valence-electron chi connectivity index (χ2n) is 2.99. The van der Waals surface area contributed by atoms with Crippen LogP contribution in [-0.4, -0.2) is 16.1 Å². The van der Waals surface area contributed by atoms with Gasteiger partial charge in [-0.3, -0.25) is 4.98 Å². The first-order valence-corrected chi connectivity index (χ1v) is 3.69. The van der Waals surface area contributed by atoms with Gasteiger partial charge in [-0.1, -0.05) is 0 Å². The molecule has 1 atom stereocenters. The molecular formula is C8H8F2N2O2. The Morgan fingerprint density at radius 1 is 1.64 bits per heavy atom. The zero-order chi connectivity index (χ0) is 10.9. The van der Waals surface area contributed by atoms with E-state index in [2.05, 4.69) is 4.98 Å². The highest BCUT2D eigenvalue weighted by molar-refractivity contribution is 5.79. The van der Waals surface area contributed by atoms with Crippen LogP contribution in [0.3, 0.4) is 0 Å². The lowest BCUT2D eigenvalue weighted by Crippen LogP contribution is -2.43. The van der Waals surface area contributed by atoms with Gasteiger partial charge in [0.05, 0.1) is 6.20 Å². The van der Waals surface area contributed by atoms with Crippen LogP contribution >= 0.6 is 0 Å². The number of carboxylic acids is 1. The molecule has 1 rings (SSSR count). The van der Waals surface area contributed by atoms with Gasteiger partial charge in [0.1, 0.15) is 17.3 Å². The van der Waals surface area contributed by atoms with Crippen molar-refractivity contribution in [2.75, 3.05) is 0 Å². The minimum atomic E-state index is -1.96. The molecule has 0 aromatic carbocycles. The highest BCUT2D eigenvalue weighted by Gasteiger charge is 2.34. The summed E-state index contributed by atoms with van der Waals surface area (Å²) in [6, 6.07) is 0.538. The third kappa shape index (κ3) is 1.69. The molecule has 6 heteroatoms. The van der Waals surface area contributed by atoms with Gasteiger partial charge in [-0.25, -0.2) is 13.6 Å². The largest absolute Gasteiger partial charge is 0.480 e. The van der Waals surface area contributed by atoms with Crippen molar-refractivity contribution in [3.8, 4) is 0 Å². The van der Waals surface area contributed by atoms with Crippen LogP contribution in [0.15, 0.2) is 12.3 Å². The van der Waals surface area contributed by atoms with Gasteiger partial charge in [-0.15, -0.1) is 0 Å². The summed E-state index contributed by atoms with van der Waals surface area (Å²) >= 11 is 0. The first-order valence-electron chi connectivity index (χ1n) is 3.69. The molecule has 0 spiro atoms. The second-order valence-corrected chi connectivity index (χ2v) is 2.99. The van der Waals surface area contributed by atoms with Gasteiger partial charge in [0.25, 0.3) is 0 Å². The topological polar surface area (TPSA) is 76.2 Å². The van der Waals surface area contributed by atoms with Crippen molar-refractivity contribution in [1.29, 1.82) is 0 Å². The lowest BCUT2D eigenvalue weighted by Gasteiger charge is -2.18. The Labute approximate surface area is 78.4 Å². The maximum absolute atomic E-state index is 13.1. The van der Waals surface area contributed by atoms with E-state index >= 15 is 0 Å². The van der Waals surface area contributed by atoms with E-state index in [1.807, 2.05) is 0 Å². The Bertz CT molecular complexity index is 380. The quantitative estimate of drug-likeness (QED) is 0.737. The number of nitrogens with two attached hydrogens (primary N) is 1. The van der Waals surface area contributed by atoms with Gasteiger partial charge >= 0.3 is 5.97 Å². The summed E-state index contributed by atoms with van der Waals surface area (Å²) in [5.74, 6) is -3.39. The highest BCUT2D eigenvalue weighted by atomic mass is 19.1. The summed E-state index contributed by atoms with van der Waals surface area (Å²) in [6.45, 7) is 1.08. The van der Waals surface area contributed by atoms with Gasteiger partial charge in [0.15, 0.2) is 5.54 Å². The first kappa shape index (κ1) is 10.5. The number of pyridine rings is 1. The number of halogens is 2. The average molecular weight is 202 g/mol. The third-order valence-electron chi connectivity index (χ3n) is 1.74. The van der Waals surface area contributed by atoms with Gasteiger partial charge in [0, 0.05) is 6.07 Å². The number of rotatable bonds is 2. The molecule has 1 aromatic heterocycles. The molecule has 0 unspecified atom stereocenters. The van der Waals surface area contributed by atoms with Crippen molar-refractivity contribution >= 4 is 5.97 Å². The molecule has 0 aliphatic rings. The van der Waals surface area contributed by atoms with Crippen molar-refractivity contribution in [2.24, 2.45) is 5.73 Å².